The Labute approximate surface area is 149 Å². The maximum absolute atomic E-state index is 8.50. The molecule has 0 rings (SSSR count). The molecule has 0 aromatic heterocycles. The fourth-order valence-corrected chi connectivity index (χ4v) is 2.08. The molecule has 0 bridgehead atoms. The van der Waals surface area contributed by atoms with Gasteiger partial charge >= 0.3 is 29.6 Å². The Hall–Kier alpha value is 0.880. The number of aliphatic hydroxyl groups is 1. The Kier molecular flexibility index (Phi) is 25.7. The predicted molar refractivity (Wildman–Crippen MR) is 81.7 cm³/mol. The molecule has 0 radical (unpaired) electrons. The fraction of sp³-hybridized carbons (Fsp3) is 1.00. The third-order valence-electron chi connectivity index (χ3n) is 3.25. The number of aliphatic hydroxyl groups excluding tert-OH is 1. The van der Waals surface area contributed by atoms with Crippen molar-refractivity contribution in [2.24, 2.45) is 0 Å². The van der Waals surface area contributed by atoms with Gasteiger partial charge in [0.15, 0.2) is 0 Å². The van der Waals surface area contributed by atoms with Crippen molar-refractivity contribution >= 4 is 0 Å². The summed E-state index contributed by atoms with van der Waals surface area (Å²) in [7, 11) is 0. The van der Waals surface area contributed by atoms with Gasteiger partial charge in [0.05, 0.1) is 26.4 Å². The minimum absolute atomic E-state index is 0. The molecule has 0 heterocycles. The molecule has 0 aliphatic rings. The summed E-state index contributed by atoms with van der Waals surface area (Å²) in [6.07, 6.45) is 13.6. The Morgan fingerprint density at radius 1 is 0.650 bits per heavy atom. The zero-order chi connectivity index (χ0) is 14.0. The molecule has 0 saturated heterocycles. The molecular formula is C16H35NaO3. The van der Waals surface area contributed by atoms with Crippen LogP contribution < -0.4 is 29.6 Å². The molecule has 0 amide bonds. The van der Waals surface area contributed by atoms with Crippen LogP contribution in [0.15, 0.2) is 0 Å². The van der Waals surface area contributed by atoms with Crippen LogP contribution in [0.1, 0.15) is 72.6 Å². The van der Waals surface area contributed by atoms with Crippen LogP contribution >= 0.6 is 0 Å². The van der Waals surface area contributed by atoms with E-state index < -0.39 is 0 Å². The van der Waals surface area contributed by atoms with E-state index in [4.69, 9.17) is 14.6 Å². The van der Waals surface area contributed by atoms with E-state index in [1.807, 2.05) is 0 Å². The topological polar surface area (TPSA) is 38.7 Å². The monoisotopic (exact) mass is 298 g/mol. The molecule has 1 N–H and O–H groups in total. The second-order valence-electron chi connectivity index (χ2n) is 5.13. The second-order valence-corrected chi connectivity index (χ2v) is 5.13. The predicted octanol–water partition coefficient (Wildman–Crippen LogP) is 1.05. The molecule has 0 aromatic carbocycles. The van der Waals surface area contributed by atoms with Crippen molar-refractivity contribution in [2.45, 2.75) is 71.1 Å². The minimum Gasteiger partial charge on any atom is -1.00 e. The van der Waals surface area contributed by atoms with Crippen molar-refractivity contribution in [3.05, 3.63) is 0 Å². The van der Waals surface area contributed by atoms with Gasteiger partial charge in [-0.05, 0) is 6.42 Å². The van der Waals surface area contributed by atoms with Gasteiger partial charge in [-0.15, -0.1) is 0 Å². The van der Waals surface area contributed by atoms with Crippen molar-refractivity contribution in [1.29, 1.82) is 0 Å². The first kappa shape index (κ1) is 23.2. The summed E-state index contributed by atoms with van der Waals surface area (Å²) in [5, 5.41) is 8.50. The first-order valence-corrected chi connectivity index (χ1v) is 8.18. The molecule has 118 valence electrons. The van der Waals surface area contributed by atoms with Gasteiger partial charge in [0.2, 0.25) is 0 Å². The molecule has 0 unspecified atom stereocenters. The average molecular weight is 298 g/mol. The number of hydrogen-bond donors (Lipinski definition) is 1. The van der Waals surface area contributed by atoms with Gasteiger partial charge in [0, 0.05) is 6.61 Å². The van der Waals surface area contributed by atoms with Crippen LogP contribution in [0.3, 0.4) is 0 Å². The van der Waals surface area contributed by atoms with Crippen LogP contribution in [-0.2, 0) is 9.47 Å². The Bertz CT molecular complexity index is 146. The molecule has 0 atom stereocenters. The maximum atomic E-state index is 8.50. The summed E-state index contributed by atoms with van der Waals surface area (Å²) in [5.74, 6) is 0. The van der Waals surface area contributed by atoms with Gasteiger partial charge in [0.1, 0.15) is 0 Å². The van der Waals surface area contributed by atoms with Crippen LogP contribution in [0.4, 0.5) is 0 Å². The molecule has 0 aromatic rings. The molecule has 0 fully saturated rings. The summed E-state index contributed by atoms with van der Waals surface area (Å²) < 4.78 is 10.6. The minimum atomic E-state index is 0. The van der Waals surface area contributed by atoms with Gasteiger partial charge in [-0.25, -0.2) is 0 Å². The number of unbranched alkanes of at least 4 members (excludes halogenated alkanes) is 9. The van der Waals surface area contributed by atoms with Crippen molar-refractivity contribution in [2.75, 3.05) is 33.0 Å². The molecular weight excluding hydrogens is 263 g/mol. The van der Waals surface area contributed by atoms with E-state index in [1.54, 1.807) is 0 Å². The van der Waals surface area contributed by atoms with Gasteiger partial charge in [-0.2, -0.15) is 0 Å². The summed E-state index contributed by atoms with van der Waals surface area (Å²) >= 11 is 0. The van der Waals surface area contributed by atoms with E-state index in [0.29, 0.717) is 19.8 Å². The molecule has 0 saturated carbocycles. The van der Waals surface area contributed by atoms with E-state index in [9.17, 15) is 0 Å². The summed E-state index contributed by atoms with van der Waals surface area (Å²) in [4.78, 5) is 0. The van der Waals surface area contributed by atoms with Crippen molar-refractivity contribution < 1.29 is 45.6 Å². The fourth-order valence-electron chi connectivity index (χ4n) is 2.08. The van der Waals surface area contributed by atoms with Crippen molar-refractivity contribution in [3.63, 3.8) is 0 Å². The molecule has 4 heteroatoms. The van der Waals surface area contributed by atoms with Crippen LogP contribution in [0.2, 0.25) is 0 Å². The van der Waals surface area contributed by atoms with Gasteiger partial charge in [-0.3, -0.25) is 0 Å². The third kappa shape index (κ3) is 21.2. The molecule has 0 aliphatic carbocycles. The zero-order valence-corrected chi connectivity index (χ0v) is 15.9. The number of hydrogen-bond acceptors (Lipinski definition) is 3. The standard InChI is InChI=1S/C16H34O3.Na.H/c1-2-3-4-5-6-7-8-9-10-11-13-18-15-16-19-14-12-17;;/h17H,2-16H2,1H3;;/q;+1;-1. The van der Waals surface area contributed by atoms with E-state index in [2.05, 4.69) is 6.92 Å². The maximum Gasteiger partial charge on any atom is 1.00 e. The van der Waals surface area contributed by atoms with Gasteiger partial charge < -0.3 is 16.0 Å². The molecule has 3 nitrogen and oxygen atoms in total. The van der Waals surface area contributed by atoms with Gasteiger partial charge in [-0.1, -0.05) is 64.7 Å². The van der Waals surface area contributed by atoms with E-state index >= 15 is 0 Å². The third-order valence-corrected chi connectivity index (χ3v) is 3.25. The SMILES string of the molecule is CCCCCCCCCCCCOCCOCCO.[H-].[Na+]. The Balaban J connectivity index is -0.00000162. The summed E-state index contributed by atoms with van der Waals surface area (Å²) in [6.45, 7) is 4.87. The summed E-state index contributed by atoms with van der Waals surface area (Å²) in [5.41, 5.74) is 0. The van der Waals surface area contributed by atoms with E-state index in [1.165, 1.54) is 57.8 Å². The largest absolute Gasteiger partial charge is 1.00 e. The number of ether oxygens (including phenoxy) is 2. The smallest absolute Gasteiger partial charge is 1.00 e. The molecule has 0 aliphatic heterocycles. The zero-order valence-electron chi connectivity index (χ0n) is 14.9. The van der Waals surface area contributed by atoms with E-state index in [0.717, 1.165) is 13.0 Å². The molecule has 0 spiro atoms. The summed E-state index contributed by atoms with van der Waals surface area (Å²) in [6, 6.07) is 0. The van der Waals surface area contributed by atoms with Crippen molar-refractivity contribution in [3.8, 4) is 0 Å². The van der Waals surface area contributed by atoms with E-state index in [-0.39, 0.29) is 37.6 Å². The average Bonchev–Trinajstić information content (AvgIpc) is 2.43. The van der Waals surface area contributed by atoms with Crippen LogP contribution in [-0.4, -0.2) is 38.1 Å². The first-order chi connectivity index (χ1) is 9.41. The van der Waals surface area contributed by atoms with Crippen LogP contribution in [0.25, 0.3) is 0 Å². The quantitative estimate of drug-likeness (QED) is 0.342. The normalized spacial score (nSPS) is 10.5. The Morgan fingerprint density at radius 3 is 1.60 bits per heavy atom. The van der Waals surface area contributed by atoms with Crippen LogP contribution in [0, 0.1) is 0 Å². The Morgan fingerprint density at radius 2 is 1.10 bits per heavy atom. The van der Waals surface area contributed by atoms with Gasteiger partial charge in [0.25, 0.3) is 0 Å². The number of rotatable bonds is 16. The van der Waals surface area contributed by atoms with Crippen LogP contribution in [0.5, 0.6) is 0 Å². The first-order valence-electron chi connectivity index (χ1n) is 8.18. The van der Waals surface area contributed by atoms with Crippen molar-refractivity contribution in [1.82, 2.24) is 0 Å². The molecule has 20 heavy (non-hydrogen) atoms. The second kappa shape index (κ2) is 22.2.